The molecule has 2 aliphatic rings. The van der Waals surface area contributed by atoms with Gasteiger partial charge in [0.15, 0.2) is 0 Å². The molecule has 2 heterocycles. The normalized spacial score (nSPS) is 16.0. The molecule has 0 aliphatic carbocycles. The molecule has 0 aromatic heterocycles. The van der Waals surface area contributed by atoms with E-state index in [9.17, 15) is 4.79 Å². The van der Waals surface area contributed by atoms with Crippen LogP contribution in [0.3, 0.4) is 0 Å². The fourth-order valence-corrected chi connectivity index (χ4v) is 2.63. The van der Waals surface area contributed by atoms with Gasteiger partial charge in [-0.3, -0.25) is 0 Å². The summed E-state index contributed by atoms with van der Waals surface area (Å²) < 4.78 is 10.4. The van der Waals surface area contributed by atoms with Gasteiger partial charge in [-0.15, -0.1) is 0 Å². The average molecular weight is 308 g/mol. The molecule has 0 amide bonds. The lowest BCUT2D eigenvalue weighted by atomic mass is 10.1. The van der Waals surface area contributed by atoms with Crippen LogP contribution in [0.15, 0.2) is 54.6 Å². The van der Waals surface area contributed by atoms with Gasteiger partial charge in [-0.2, -0.15) is 0 Å². The molecule has 0 saturated carbocycles. The van der Waals surface area contributed by atoms with E-state index in [0.29, 0.717) is 12.2 Å². The molecule has 2 aromatic rings. The monoisotopic (exact) mass is 308 g/mol. The Morgan fingerprint density at radius 3 is 2.22 bits per heavy atom. The molecule has 0 radical (unpaired) electrons. The minimum Gasteiger partial charge on any atom is -0.489 e. The number of rotatable bonds is 2. The molecule has 0 spiro atoms. The number of carbonyl (C=O) groups excluding carboxylic acids is 1. The van der Waals surface area contributed by atoms with Gasteiger partial charge in [-0.25, -0.2) is 4.79 Å². The number of ether oxygens (including phenoxy) is 2. The Hall–Kier alpha value is -2.55. The van der Waals surface area contributed by atoms with Crippen LogP contribution in [0.25, 0.3) is 5.76 Å². The molecule has 0 atom stereocenters. The molecule has 3 heteroatoms. The van der Waals surface area contributed by atoms with Crippen LogP contribution in [-0.2, 0) is 22.7 Å². The third-order valence-electron chi connectivity index (χ3n) is 3.88. The van der Waals surface area contributed by atoms with E-state index in [-0.39, 0.29) is 5.97 Å². The highest BCUT2D eigenvalue weighted by molar-refractivity contribution is 5.93. The first-order valence-corrected chi connectivity index (χ1v) is 7.96. The number of esters is 1. The summed E-state index contributed by atoms with van der Waals surface area (Å²) in [4.78, 5) is 10.8. The molecule has 0 unspecified atom stereocenters. The van der Waals surface area contributed by atoms with Crippen LogP contribution in [-0.4, -0.2) is 5.97 Å². The van der Waals surface area contributed by atoms with E-state index in [4.69, 9.17) is 9.47 Å². The number of unbranched alkanes of at least 4 members (excludes halogenated alkanes) is 1. The number of benzene rings is 2. The molecule has 118 valence electrons. The molecule has 2 aliphatic heterocycles. The van der Waals surface area contributed by atoms with E-state index < -0.39 is 0 Å². The Kier molecular flexibility index (Phi) is 4.77. The van der Waals surface area contributed by atoms with Crippen molar-refractivity contribution in [1.82, 2.24) is 0 Å². The minimum absolute atomic E-state index is 0.199. The predicted octanol–water partition coefficient (Wildman–Crippen LogP) is 4.71. The largest absolute Gasteiger partial charge is 0.489 e. The first-order chi connectivity index (χ1) is 11.3. The molecular formula is C20H20O3. The fourth-order valence-electron chi connectivity index (χ4n) is 2.63. The number of fused-ring (bicyclic) bond motifs is 2. The maximum atomic E-state index is 10.8. The van der Waals surface area contributed by atoms with Gasteiger partial charge >= 0.3 is 5.97 Å². The average Bonchev–Trinajstić information content (AvgIpc) is 3.18. The lowest BCUT2D eigenvalue weighted by Gasteiger charge is -1.98. The predicted molar refractivity (Wildman–Crippen MR) is 89.7 cm³/mol. The van der Waals surface area contributed by atoms with Crippen molar-refractivity contribution in [3.05, 3.63) is 76.9 Å². The zero-order chi connectivity index (χ0) is 16.1. The molecule has 0 fully saturated rings. The van der Waals surface area contributed by atoms with Gasteiger partial charge < -0.3 is 9.47 Å². The second kappa shape index (κ2) is 7.14. The Balaban J connectivity index is 0.000000140. The van der Waals surface area contributed by atoms with Crippen molar-refractivity contribution >= 4 is 11.7 Å². The lowest BCUT2D eigenvalue weighted by molar-refractivity contribution is 0.0535. The van der Waals surface area contributed by atoms with E-state index in [0.717, 1.165) is 24.4 Å². The summed E-state index contributed by atoms with van der Waals surface area (Å²) in [5.74, 6) is 0.869. The SMILES string of the molecule is CCC/C=C1\OCc2ccccc21.O=C1OCc2ccccc21. The summed E-state index contributed by atoms with van der Waals surface area (Å²) >= 11 is 0. The number of hydrogen-bond donors (Lipinski definition) is 0. The Labute approximate surface area is 136 Å². The fraction of sp³-hybridized carbons (Fsp3) is 0.250. The second-order valence-corrected chi connectivity index (χ2v) is 5.54. The maximum Gasteiger partial charge on any atom is 0.338 e. The number of carbonyl (C=O) groups is 1. The van der Waals surface area contributed by atoms with Crippen molar-refractivity contribution in [3.8, 4) is 0 Å². The Bertz CT molecular complexity index is 731. The Morgan fingerprint density at radius 2 is 1.52 bits per heavy atom. The van der Waals surface area contributed by atoms with Crippen LogP contribution in [0.5, 0.6) is 0 Å². The molecule has 2 aromatic carbocycles. The van der Waals surface area contributed by atoms with E-state index in [1.165, 1.54) is 17.5 Å². The molecule has 3 nitrogen and oxygen atoms in total. The van der Waals surface area contributed by atoms with Gasteiger partial charge in [-0.05, 0) is 18.6 Å². The summed E-state index contributed by atoms with van der Waals surface area (Å²) in [5.41, 5.74) is 4.29. The first kappa shape index (κ1) is 15.3. The van der Waals surface area contributed by atoms with E-state index in [1.54, 1.807) is 6.07 Å². The lowest BCUT2D eigenvalue weighted by Crippen LogP contribution is -1.91. The topological polar surface area (TPSA) is 35.5 Å². The summed E-state index contributed by atoms with van der Waals surface area (Å²) in [5, 5.41) is 0. The van der Waals surface area contributed by atoms with Crippen LogP contribution in [0.2, 0.25) is 0 Å². The third-order valence-corrected chi connectivity index (χ3v) is 3.88. The Morgan fingerprint density at radius 1 is 0.913 bits per heavy atom. The van der Waals surface area contributed by atoms with E-state index in [2.05, 4.69) is 37.3 Å². The van der Waals surface area contributed by atoms with Crippen molar-refractivity contribution in [3.63, 3.8) is 0 Å². The van der Waals surface area contributed by atoms with Crippen LogP contribution < -0.4 is 0 Å². The van der Waals surface area contributed by atoms with Crippen LogP contribution >= 0.6 is 0 Å². The van der Waals surface area contributed by atoms with Crippen molar-refractivity contribution in [2.75, 3.05) is 0 Å². The van der Waals surface area contributed by atoms with Gasteiger partial charge in [0.05, 0.1) is 5.56 Å². The number of hydrogen-bond acceptors (Lipinski definition) is 3. The van der Waals surface area contributed by atoms with Gasteiger partial charge in [0.2, 0.25) is 0 Å². The minimum atomic E-state index is -0.199. The zero-order valence-corrected chi connectivity index (χ0v) is 13.2. The van der Waals surface area contributed by atoms with E-state index >= 15 is 0 Å². The van der Waals surface area contributed by atoms with Crippen LogP contribution in [0.4, 0.5) is 0 Å². The molecule has 0 N–H and O–H groups in total. The van der Waals surface area contributed by atoms with Gasteiger partial charge in [-0.1, -0.05) is 55.8 Å². The van der Waals surface area contributed by atoms with Crippen molar-refractivity contribution in [1.29, 1.82) is 0 Å². The van der Waals surface area contributed by atoms with Crippen LogP contribution in [0.1, 0.15) is 46.8 Å². The highest BCUT2D eigenvalue weighted by atomic mass is 16.5. The van der Waals surface area contributed by atoms with Gasteiger partial charge in [0, 0.05) is 16.7 Å². The van der Waals surface area contributed by atoms with Crippen LogP contribution in [0, 0.1) is 0 Å². The molecule has 0 saturated heterocycles. The summed E-state index contributed by atoms with van der Waals surface area (Å²) in [6.45, 7) is 3.36. The van der Waals surface area contributed by atoms with Crippen molar-refractivity contribution in [2.24, 2.45) is 0 Å². The summed E-state index contributed by atoms with van der Waals surface area (Å²) in [6, 6.07) is 15.8. The molecule has 0 bridgehead atoms. The van der Waals surface area contributed by atoms with Crippen molar-refractivity contribution in [2.45, 2.75) is 33.0 Å². The smallest absolute Gasteiger partial charge is 0.338 e. The number of allylic oxidation sites excluding steroid dienone is 1. The van der Waals surface area contributed by atoms with E-state index in [1.807, 2.05) is 18.2 Å². The summed E-state index contributed by atoms with van der Waals surface area (Å²) in [6.07, 6.45) is 4.46. The second-order valence-electron chi connectivity index (χ2n) is 5.54. The molecular weight excluding hydrogens is 288 g/mol. The quantitative estimate of drug-likeness (QED) is 0.753. The number of cyclic esters (lactones) is 1. The van der Waals surface area contributed by atoms with Gasteiger partial charge in [0.25, 0.3) is 0 Å². The maximum absolute atomic E-state index is 10.8. The zero-order valence-electron chi connectivity index (χ0n) is 13.2. The highest BCUT2D eigenvalue weighted by Crippen LogP contribution is 2.29. The standard InChI is InChI=1S/C12H14O.C8H6O2/c1-2-3-8-12-11-7-5-4-6-10(11)9-13-12;9-8-7-4-2-1-3-6(7)5-10-8/h4-8H,2-3,9H2,1H3;1-4H,5H2/b12-8-;. The highest BCUT2D eigenvalue weighted by Gasteiger charge is 2.19. The first-order valence-electron chi connectivity index (χ1n) is 7.96. The third kappa shape index (κ3) is 3.45. The molecule has 23 heavy (non-hydrogen) atoms. The van der Waals surface area contributed by atoms with Crippen molar-refractivity contribution < 1.29 is 14.3 Å². The van der Waals surface area contributed by atoms with Gasteiger partial charge in [0.1, 0.15) is 19.0 Å². The molecule has 4 rings (SSSR count). The summed E-state index contributed by atoms with van der Waals surface area (Å²) in [7, 11) is 0.